The Bertz CT molecular complexity index is 718. The van der Waals surface area contributed by atoms with Crippen LogP contribution in [0.2, 0.25) is 0 Å². The molecule has 3 rings (SSSR count). The molecular formula is C20H23BrN2O3. The lowest BCUT2D eigenvalue weighted by atomic mass is 10.2. The van der Waals surface area contributed by atoms with Crippen LogP contribution in [0.3, 0.4) is 0 Å². The van der Waals surface area contributed by atoms with E-state index >= 15 is 0 Å². The fourth-order valence-corrected chi connectivity index (χ4v) is 3.45. The molecule has 1 aliphatic heterocycles. The largest absolute Gasteiger partial charge is 0.491 e. The van der Waals surface area contributed by atoms with Gasteiger partial charge in [0.1, 0.15) is 18.5 Å². The second kappa shape index (κ2) is 9.16. The minimum Gasteiger partial charge on any atom is -0.491 e. The number of hydrogen-bond acceptors (Lipinski definition) is 4. The van der Waals surface area contributed by atoms with Gasteiger partial charge in [-0.2, -0.15) is 0 Å². The number of aliphatic hydroxyl groups excluding tert-OH is 1. The van der Waals surface area contributed by atoms with E-state index in [0.29, 0.717) is 25.2 Å². The van der Waals surface area contributed by atoms with Gasteiger partial charge in [-0.25, -0.2) is 0 Å². The summed E-state index contributed by atoms with van der Waals surface area (Å²) in [6, 6.07) is 17.0. The monoisotopic (exact) mass is 418 g/mol. The Kier molecular flexibility index (Phi) is 6.66. The normalized spacial score (nSPS) is 16.3. The topological polar surface area (TPSA) is 53.0 Å². The molecule has 5 nitrogen and oxygen atoms in total. The predicted molar refractivity (Wildman–Crippen MR) is 104 cm³/mol. The minimum atomic E-state index is -0.555. The van der Waals surface area contributed by atoms with E-state index in [4.69, 9.17) is 4.74 Å². The van der Waals surface area contributed by atoms with Crippen LogP contribution in [-0.4, -0.2) is 66.2 Å². The molecule has 2 aromatic rings. The number of piperazine rings is 1. The van der Waals surface area contributed by atoms with Crippen LogP contribution in [0.15, 0.2) is 59.1 Å². The molecule has 0 aliphatic carbocycles. The van der Waals surface area contributed by atoms with Crippen LogP contribution in [0.5, 0.6) is 5.75 Å². The molecule has 0 saturated carbocycles. The molecule has 1 saturated heterocycles. The lowest BCUT2D eigenvalue weighted by Gasteiger charge is -2.35. The Morgan fingerprint density at radius 3 is 2.38 bits per heavy atom. The van der Waals surface area contributed by atoms with Gasteiger partial charge >= 0.3 is 0 Å². The summed E-state index contributed by atoms with van der Waals surface area (Å²) in [5.74, 6) is 0.806. The number of nitrogens with zero attached hydrogens (tertiary/aromatic N) is 2. The third-order valence-corrected chi connectivity index (χ3v) is 5.11. The Balaban J connectivity index is 1.43. The highest BCUT2D eigenvalue weighted by atomic mass is 79.9. The molecule has 0 unspecified atom stereocenters. The number of para-hydroxylation sites is 1. The van der Waals surface area contributed by atoms with E-state index in [1.165, 1.54) is 0 Å². The summed E-state index contributed by atoms with van der Waals surface area (Å²) in [5, 5.41) is 10.2. The molecule has 6 heteroatoms. The van der Waals surface area contributed by atoms with Crippen molar-refractivity contribution in [3.63, 3.8) is 0 Å². The molecule has 1 atom stereocenters. The van der Waals surface area contributed by atoms with Crippen molar-refractivity contribution in [2.45, 2.75) is 6.10 Å². The van der Waals surface area contributed by atoms with Crippen molar-refractivity contribution >= 4 is 21.8 Å². The Hall–Kier alpha value is -1.89. The number of amides is 1. The summed E-state index contributed by atoms with van der Waals surface area (Å²) >= 11 is 3.44. The number of ether oxygens (including phenoxy) is 1. The summed E-state index contributed by atoms with van der Waals surface area (Å²) in [6.07, 6.45) is -0.555. The zero-order valence-corrected chi connectivity index (χ0v) is 16.1. The molecule has 26 heavy (non-hydrogen) atoms. The average Bonchev–Trinajstić information content (AvgIpc) is 2.68. The molecule has 0 bridgehead atoms. The summed E-state index contributed by atoms with van der Waals surface area (Å²) in [5.41, 5.74) is 0.692. The lowest BCUT2D eigenvalue weighted by molar-refractivity contribution is 0.0403. The third kappa shape index (κ3) is 5.06. The maximum absolute atomic E-state index is 12.6. The van der Waals surface area contributed by atoms with Gasteiger partial charge in [-0.1, -0.05) is 30.3 Å². The SMILES string of the molecule is O=C(c1ccccc1Br)N1CCN(C[C@H](O)COc2ccccc2)CC1. The number of halogens is 1. The first kappa shape index (κ1) is 18.9. The second-order valence-corrected chi connectivity index (χ2v) is 7.20. The fourth-order valence-electron chi connectivity index (χ4n) is 3.00. The molecular weight excluding hydrogens is 396 g/mol. The predicted octanol–water partition coefficient (Wildman–Crippen LogP) is 2.65. The highest BCUT2D eigenvalue weighted by Crippen LogP contribution is 2.19. The number of aliphatic hydroxyl groups is 1. The van der Waals surface area contributed by atoms with E-state index in [9.17, 15) is 9.90 Å². The van der Waals surface area contributed by atoms with E-state index in [2.05, 4.69) is 20.8 Å². The first-order valence-electron chi connectivity index (χ1n) is 8.75. The molecule has 0 radical (unpaired) electrons. The Morgan fingerprint density at radius 1 is 1.04 bits per heavy atom. The zero-order chi connectivity index (χ0) is 18.4. The van der Waals surface area contributed by atoms with Gasteiger partial charge in [-0.3, -0.25) is 9.69 Å². The quantitative estimate of drug-likeness (QED) is 0.783. The number of β-amino-alcohol motifs (C(OH)–C–C–N with tert-alkyl or cyclic N) is 1. The maximum Gasteiger partial charge on any atom is 0.255 e. The average molecular weight is 419 g/mol. The Labute approximate surface area is 162 Å². The van der Waals surface area contributed by atoms with Gasteiger partial charge in [0.05, 0.1) is 5.56 Å². The highest BCUT2D eigenvalue weighted by molar-refractivity contribution is 9.10. The van der Waals surface area contributed by atoms with Crippen molar-refractivity contribution in [1.29, 1.82) is 0 Å². The van der Waals surface area contributed by atoms with Crippen LogP contribution < -0.4 is 4.74 Å². The van der Waals surface area contributed by atoms with E-state index in [1.807, 2.05) is 59.5 Å². The summed E-state index contributed by atoms with van der Waals surface area (Å²) < 4.78 is 6.41. The number of benzene rings is 2. The molecule has 1 aliphatic rings. The first-order chi connectivity index (χ1) is 12.6. The van der Waals surface area contributed by atoms with Crippen LogP contribution in [0, 0.1) is 0 Å². The van der Waals surface area contributed by atoms with Crippen LogP contribution in [-0.2, 0) is 0 Å². The molecule has 1 fully saturated rings. The van der Waals surface area contributed by atoms with Gasteiger partial charge in [0, 0.05) is 37.2 Å². The van der Waals surface area contributed by atoms with Crippen LogP contribution >= 0.6 is 15.9 Å². The number of rotatable bonds is 6. The Morgan fingerprint density at radius 2 is 1.69 bits per heavy atom. The molecule has 0 aromatic heterocycles. The van der Waals surface area contributed by atoms with Crippen molar-refractivity contribution in [1.82, 2.24) is 9.80 Å². The van der Waals surface area contributed by atoms with Gasteiger partial charge in [-0.15, -0.1) is 0 Å². The molecule has 1 amide bonds. The molecule has 2 aromatic carbocycles. The summed E-state index contributed by atoms with van der Waals surface area (Å²) in [6.45, 7) is 3.63. The van der Waals surface area contributed by atoms with Crippen molar-refractivity contribution < 1.29 is 14.6 Å². The first-order valence-corrected chi connectivity index (χ1v) is 9.55. The van der Waals surface area contributed by atoms with Crippen LogP contribution in [0.25, 0.3) is 0 Å². The number of hydrogen-bond donors (Lipinski definition) is 1. The van der Waals surface area contributed by atoms with E-state index in [-0.39, 0.29) is 12.5 Å². The molecule has 0 spiro atoms. The van der Waals surface area contributed by atoms with Crippen molar-refractivity contribution in [3.05, 3.63) is 64.6 Å². The van der Waals surface area contributed by atoms with Crippen molar-refractivity contribution in [3.8, 4) is 5.75 Å². The van der Waals surface area contributed by atoms with E-state index < -0.39 is 6.10 Å². The van der Waals surface area contributed by atoms with Gasteiger partial charge in [-0.05, 0) is 40.2 Å². The highest BCUT2D eigenvalue weighted by Gasteiger charge is 2.24. The van der Waals surface area contributed by atoms with Crippen LogP contribution in [0.1, 0.15) is 10.4 Å². The van der Waals surface area contributed by atoms with Gasteiger partial charge in [0.15, 0.2) is 0 Å². The second-order valence-electron chi connectivity index (χ2n) is 6.35. The smallest absolute Gasteiger partial charge is 0.255 e. The summed E-state index contributed by atoms with van der Waals surface area (Å²) in [7, 11) is 0. The van der Waals surface area contributed by atoms with Gasteiger partial charge in [0.25, 0.3) is 5.91 Å². The zero-order valence-electron chi connectivity index (χ0n) is 14.6. The van der Waals surface area contributed by atoms with Crippen molar-refractivity contribution in [2.24, 2.45) is 0 Å². The van der Waals surface area contributed by atoms with E-state index in [1.54, 1.807) is 0 Å². The summed E-state index contributed by atoms with van der Waals surface area (Å²) in [4.78, 5) is 16.7. The molecule has 1 N–H and O–H groups in total. The maximum atomic E-state index is 12.6. The van der Waals surface area contributed by atoms with Crippen LogP contribution in [0.4, 0.5) is 0 Å². The molecule has 1 heterocycles. The number of carbonyl (C=O) groups excluding carboxylic acids is 1. The van der Waals surface area contributed by atoms with E-state index in [0.717, 1.165) is 23.3 Å². The van der Waals surface area contributed by atoms with Crippen molar-refractivity contribution in [2.75, 3.05) is 39.3 Å². The fraction of sp³-hybridized carbons (Fsp3) is 0.350. The minimum absolute atomic E-state index is 0.0464. The lowest BCUT2D eigenvalue weighted by Crippen LogP contribution is -2.51. The molecule has 138 valence electrons. The van der Waals surface area contributed by atoms with Gasteiger partial charge in [0.2, 0.25) is 0 Å². The standard InChI is InChI=1S/C20H23BrN2O3/c21-19-9-5-4-8-18(19)20(25)23-12-10-22(11-13-23)14-16(24)15-26-17-6-2-1-3-7-17/h1-9,16,24H,10-15H2/t16-/m0/s1. The van der Waals surface area contributed by atoms with Gasteiger partial charge < -0.3 is 14.7 Å². The number of carbonyl (C=O) groups is 1. The third-order valence-electron chi connectivity index (χ3n) is 4.42.